The van der Waals surface area contributed by atoms with Crippen molar-refractivity contribution in [2.24, 2.45) is 5.92 Å². The van der Waals surface area contributed by atoms with E-state index in [9.17, 15) is 9.90 Å². The summed E-state index contributed by atoms with van der Waals surface area (Å²) in [5.74, 6) is -0.0649. The molecule has 0 radical (unpaired) electrons. The van der Waals surface area contributed by atoms with Crippen molar-refractivity contribution >= 4 is 5.97 Å². The Morgan fingerprint density at radius 3 is 2.56 bits per heavy atom. The zero-order chi connectivity index (χ0) is 11.5. The van der Waals surface area contributed by atoms with Gasteiger partial charge in [-0.2, -0.15) is 0 Å². The van der Waals surface area contributed by atoms with Crippen molar-refractivity contribution in [3.05, 3.63) is 35.9 Å². The van der Waals surface area contributed by atoms with Crippen LogP contribution in [0.15, 0.2) is 30.3 Å². The molecule has 1 aliphatic rings. The summed E-state index contributed by atoms with van der Waals surface area (Å²) in [6.45, 7) is 0.881. The number of carboxylic acid groups (broad SMARTS) is 1. The Balaban J connectivity index is 2.12. The molecule has 0 saturated heterocycles. The smallest absolute Gasteiger partial charge is 0.325 e. The molecule has 1 aromatic carbocycles. The third-order valence-electron chi connectivity index (χ3n) is 3.03. The minimum Gasteiger partial charge on any atom is -0.480 e. The van der Waals surface area contributed by atoms with Crippen molar-refractivity contribution in [3.63, 3.8) is 0 Å². The van der Waals surface area contributed by atoms with Crippen LogP contribution in [-0.4, -0.2) is 29.6 Å². The van der Waals surface area contributed by atoms with Crippen LogP contribution >= 0.6 is 0 Å². The Labute approximate surface area is 95.7 Å². The van der Waals surface area contributed by atoms with Gasteiger partial charge in [-0.25, -0.2) is 0 Å². The van der Waals surface area contributed by atoms with Crippen LogP contribution in [0.5, 0.6) is 0 Å². The van der Waals surface area contributed by atoms with Gasteiger partial charge in [-0.3, -0.25) is 9.69 Å². The first kappa shape index (κ1) is 11.1. The zero-order valence-corrected chi connectivity index (χ0v) is 9.47. The van der Waals surface area contributed by atoms with E-state index in [2.05, 4.69) is 0 Å². The lowest BCUT2D eigenvalue weighted by Gasteiger charge is -2.24. The Morgan fingerprint density at radius 1 is 1.44 bits per heavy atom. The second-order valence-corrected chi connectivity index (χ2v) is 4.53. The molecule has 86 valence electrons. The van der Waals surface area contributed by atoms with Gasteiger partial charge in [0, 0.05) is 6.54 Å². The maximum atomic E-state index is 11.3. The van der Waals surface area contributed by atoms with Gasteiger partial charge in [0.25, 0.3) is 0 Å². The molecule has 0 bridgehead atoms. The molecule has 1 unspecified atom stereocenters. The van der Waals surface area contributed by atoms with Gasteiger partial charge in [0.1, 0.15) is 6.04 Å². The number of hydrogen-bond donors (Lipinski definition) is 1. The van der Waals surface area contributed by atoms with Gasteiger partial charge < -0.3 is 5.11 Å². The number of likely N-dealkylation sites (N-methyl/N-ethyl adjacent to an activating group) is 1. The second kappa shape index (κ2) is 4.66. The van der Waals surface area contributed by atoms with Gasteiger partial charge >= 0.3 is 5.97 Å². The highest BCUT2D eigenvalue weighted by Crippen LogP contribution is 2.32. The average molecular weight is 219 g/mol. The predicted molar refractivity (Wildman–Crippen MR) is 62.2 cm³/mol. The van der Waals surface area contributed by atoms with E-state index in [-0.39, 0.29) is 0 Å². The number of carbonyl (C=O) groups is 1. The van der Waals surface area contributed by atoms with Crippen molar-refractivity contribution in [2.75, 3.05) is 13.6 Å². The molecule has 2 rings (SSSR count). The van der Waals surface area contributed by atoms with Gasteiger partial charge in [0.2, 0.25) is 0 Å². The third kappa shape index (κ3) is 2.61. The molecular formula is C13H17NO2. The van der Waals surface area contributed by atoms with Gasteiger partial charge in [0.15, 0.2) is 0 Å². The highest BCUT2D eigenvalue weighted by molar-refractivity contribution is 5.75. The minimum absolute atomic E-state index is 0.512. The normalized spacial score (nSPS) is 17.4. The van der Waals surface area contributed by atoms with E-state index in [1.807, 2.05) is 42.3 Å². The largest absolute Gasteiger partial charge is 0.480 e. The zero-order valence-electron chi connectivity index (χ0n) is 9.47. The van der Waals surface area contributed by atoms with E-state index in [0.717, 1.165) is 12.1 Å². The summed E-state index contributed by atoms with van der Waals surface area (Å²) in [6, 6.07) is 8.92. The van der Waals surface area contributed by atoms with Crippen LogP contribution in [-0.2, 0) is 4.79 Å². The first-order valence-electron chi connectivity index (χ1n) is 5.66. The first-order chi connectivity index (χ1) is 7.68. The number of benzene rings is 1. The summed E-state index contributed by atoms with van der Waals surface area (Å²) in [5.41, 5.74) is 0.859. The maximum absolute atomic E-state index is 11.3. The SMILES string of the molecule is CN(CC1CC1)C(C(=O)O)c1ccccc1. The first-order valence-corrected chi connectivity index (χ1v) is 5.66. The van der Waals surface area contributed by atoms with Crippen molar-refractivity contribution in [3.8, 4) is 0 Å². The number of aliphatic carboxylic acids is 1. The summed E-state index contributed by atoms with van der Waals surface area (Å²) < 4.78 is 0. The van der Waals surface area contributed by atoms with Crippen LogP contribution in [0, 0.1) is 5.92 Å². The van der Waals surface area contributed by atoms with Gasteiger partial charge in [-0.1, -0.05) is 30.3 Å². The number of hydrogen-bond acceptors (Lipinski definition) is 2. The molecule has 16 heavy (non-hydrogen) atoms. The van der Waals surface area contributed by atoms with E-state index in [1.54, 1.807) is 0 Å². The summed E-state index contributed by atoms with van der Waals surface area (Å²) in [5, 5.41) is 9.29. The van der Waals surface area contributed by atoms with E-state index in [0.29, 0.717) is 5.92 Å². The number of rotatable bonds is 5. The molecule has 0 amide bonds. The topological polar surface area (TPSA) is 40.5 Å². The summed E-state index contributed by atoms with van der Waals surface area (Å²) in [6.07, 6.45) is 2.48. The van der Waals surface area contributed by atoms with Crippen LogP contribution in [0.25, 0.3) is 0 Å². The van der Waals surface area contributed by atoms with Crippen LogP contribution < -0.4 is 0 Å². The fourth-order valence-corrected chi connectivity index (χ4v) is 2.03. The molecule has 3 heteroatoms. The van der Waals surface area contributed by atoms with Gasteiger partial charge in [0.05, 0.1) is 0 Å². The fraction of sp³-hybridized carbons (Fsp3) is 0.462. The summed E-state index contributed by atoms with van der Waals surface area (Å²) >= 11 is 0. The summed E-state index contributed by atoms with van der Waals surface area (Å²) in [7, 11) is 1.89. The van der Waals surface area contributed by atoms with E-state index < -0.39 is 12.0 Å². The Bertz CT molecular complexity index is 359. The van der Waals surface area contributed by atoms with Crippen LogP contribution in [0.1, 0.15) is 24.4 Å². The van der Waals surface area contributed by atoms with Crippen molar-refractivity contribution < 1.29 is 9.90 Å². The Kier molecular flexibility index (Phi) is 3.25. The predicted octanol–water partition coefficient (Wildman–Crippen LogP) is 2.15. The summed E-state index contributed by atoms with van der Waals surface area (Å²) in [4.78, 5) is 13.2. The molecule has 1 fully saturated rings. The molecule has 1 aromatic rings. The quantitative estimate of drug-likeness (QED) is 0.825. The second-order valence-electron chi connectivity index (χ2n) is 4.53. The highest BCUT2D eigenvalue weighted by Gasteiger charge is 2.30. The van der Waals surface area contributed by atoms with Crippen molar-refractivity contribution in [2.45, 2.75) is 18.9 Å². The fourth-order valence-electron chi connectivity index (χ4n) is 2.03. The van der Waals surface area contributed by atoms with Gasteiger partial charge in [-0.05, 0) is 31.4 Å². The number of carboxylic acids is 1. The van der Waals surface area contributed by atoms with Crippen LogP contribution in [0.2, 0.25) is 0 Å². The van der Waals surface area contributed by atoms with E-state index in [1.165, 1.54) is 12.8 Å². The molecule has 3 nitrogen and oxygen atoms in total. The lowest BCUT2D eigenvalue weighted by molar-refractivity contribution is -0.143. The molecule has 1 saturated carbocycles. The van der Waals surface area contributed by atoms with Crippen molar-refractivity contribution in [1.82, 2.24) is 4.90 Å². The van der Waals surface area contributed by atoms with E-state index >= 15 is 0 Å². The maximum Gasteiger partial charge on any atom is 0.325 e. The highest BCUT2D eigenvalue weighted by atomic mass is 16.4. The lowest BCUT2D eigenvalue weighted by atomic mass is 10.1. The van der Waals surface area contributed by atoms with Crippen LogP contribution in [0.3, 0.4) is 0 Å². The van der Waals surface area contributed by atoms with Crippen molar-refractivity contribution in [1.29, 1.82) is 0 Å². The molecule has 0 aromatic heterocycles. The minimum atomic E-state index is -0.769. The monoisotopic (exact) mass is 219 g/mol. The standard InChI is InChI=1S/C13H17NO2/c1-14(9-10-7-8-10)12(13(15)16)11-5-3-2-4-6-11/h2-6,10,12H,7-9H2,1H3,(H,15,16). The van der Waals surface area contributed by atoms with E-state index in [4.69, 9.17) is 0 Å². The average Bonchev–Trinajstić information content (AvgIpc) is 3.03. The third-order valence-corrected chi connectivity index (χ3v) is 3.03. The molecule has 0 aliphatic heterocycles. The Morgan fingerprint density at radius 2 is 2.06 bits per heavy atom. The molecular weight excluding hydrogens is 202 g/mol. The Hall–Kier alpha value is -1.35. The molecule has 1 atom stereocenters. The number of nitrogens with zero attached hydrogens (tertiary/aromatic N) is 1. The molecule has 0 spiro atoms. The lowest BCUT2D eigenvalue weighted by Crippen LogP contribution is -2.32. The molecule has 1 aliphatic carbocycles. The van der Waals surface area contributed by atoms with Gasteiger partial charge in [-0.15, -0.1) is 0 Å². The molecule has 1 N–H and O–H groups in total. The molecule has 0 heterocycles. The van der Waals surface area contributed by atoms with Crippen LogP contribution in [0.4, 0.5) is 0 Å².